The van der Waals surface area contributed by atoms with Gasteiger partial charge < -0.3 is 26.2 Å². The van der Waals surface area contributed by atoms with Crippen molar-refractivity contribution in [1.82, 2.24) is 4.98 Å². The second kappa shape index (κ2) is 6.84. The summed E-state index contributed by atoms with van der Waals surface area (Å²) in [5.74, 6) is 0.0349. The number of nitrogens with two attached hydrogens (primary N) is 1. The number of H-pyrrole nitrogens is 1. The Kier molecular flexibility index (Phi) is 4.35. The Hall–Kier alpha value is -3.61. The van der Waals surface area contributed by atoms with E-state index in [4.69, 9.17) is 15.9 Å². The van der Waals surface area contributed by atoms with Gasteiger partial charge in [0.2, 0.25) is 11.8 Å². The molecule has 2 amide bonds. The van der Waals surface area contributed by atoms with Gasteiger partial charge >= 0.3 is 0 Å². The summed E-state index contributed by atoms with van der Waals surface area (Å²) in [5.41, 5.74) is 8.51. The quantitative estimate of drug-likeness (QED) is 0.495. The standard InChI is InChI=1S/C21H20N4O3/c1-28-18-5-3-2-4-13(18)14-8-15(14)21(27)25-12-6-16(20(23)26)19-11(9-22)10-24-17(19)7-12/h2-7,9-10,14-15,22,24H,8H2,1H3,(H2,23,26)(H,25,27). The predicted octanol–water partition coefficient (Wildman–Crippen LogP) is 3.02. The number of carbonyl (C=O) groups excluding carboxylic acids is 2. The van der Waals surface area contributed by atoms with Crippen LogP contribution in [-0.4, -0.2) is 30.1 Å². The minimum absolute atomic E-state index is 0.107. The number of nitrogens with one attached hydrogen (secondary N) is 3. The molecule has 7 heteroatoms. The number of ether oxygens (including phenoxy) is 1. The second-order valence-electron chi connectivity index (χ2n) is 6.88. The van der Waals surface area contributed by atoms with Crippen molar-refractivity contribution in [2.24, 2.45) is 11.7 Å². The third-order valence-electron chi connectivity index (χ3n) is 5.16. The Morgan fingerprint density at radius 1 is 1.32 bits per heavy atom. The number of amides is 2. The third-order valence-corrected chi connectivity index (χ3v) is 5.16. The molecule has 2 unspecified atom stereocenters. The van der Waals surface area contributed by atoms with Gasteiger partial charge in [0.1, 0.15) is 5.75 Å². The Morgan fingerprint density at radius 2 is 2.11 bits per heavy atom. The van der Waals surface area contributed by atoms with E-state index in [2.05, 4.69) is 10.3 Å². The number of anilines is 1. The number of methoxy groups -OCH3 is 1. The molecule has 0 spiro atoms. The topological polar surface area (TPSA) is 121 Å². The van der Waals surface area contributed by atoms with Crippen molar-refractivity contribution in [3.63, 3.8) is 0 Å². The van der Waals surface area contributed by atoms with Crippen LogP contribution in [0.1, 0.15) is 33.8 Å². The molecule has 1 heterocycles. The van der Waals surface area contributed by atoms with Crippen LogP contribution in [0.15, 0.2) is 42.6 Å². The van der Waals surface area contributed by atoms with Crippen molar-refractivity contribution in [2.75, 3.05) is 12.4 Å². The van der Waals surface area contributed by atoms with Gasteiger partial charge in [0.05, 0.1) is 12.7 Å². The first-order valence-electron chi connectivity index (χ1n) is 8.92. The van der Waals surface area contributed by atoms with Gasteiger partial charge in [-0.3, -0.25) is 9.59 Å². The van der Waals surface area contributed by atoms with E-state index in [-0.39, 0.29) is 23.3 Å². The molecule has 1 fully saturated rings. The number of aromatic amines is 1. The van der Waals surface area contributed by atoms with Crippen LogP contribution in [0.4, 0.5) is 5.69 Å². The molecule has 0 aliphatic heterocycles. The first-order chi connectivity index (χ1) is 13.5. The first-order valence-corrected chi connectivity index (χ1v) is 8.92. The largest absolute Gasteiger partial charge is 0.496 e. The van der Waals surface area contributed by atoms with Crippen LogP contribution in [0.5, 0.6) is 5.75 Å². The molecule has 1 saturated carbocycles. The molecule has 0 bridgehead atoms. The van der Waals surface area contributed by atoms with E-state index in [0.717, 1.165) is 23.9 Å². The Balaban J connectivity index is 1.58. The summed E-state index contributed by atoms with van der Waals surface area (Å²) in [6, 6.07) is 11.0. The summed E-state index contributed by atoms with van der Waals surface area (Å²) in [6.45, 7) is 0. The summed E-state index contributed by atoms with van der Waals surface area (Å²) in [7, 11) is 1.62. The fourth-order valence-corrected chi connectivity index (χ4v) is 3.71. The number of hydrogen-bond donors (Lipinski definition) is 4. The van der Waals surface area contributed by atoms with E-state index < -0.39 is 5.91 Å². The van der Waals surface area contributed by atoms with Crippen molar-refractivity contribution in [2.45, 2.75) is 12.3 Å². The van der Waals surface area contributed by atoms with Gasteiger partial charge in [-0.15, -0.1) is 0 Å². The number of hydrogen-bond acceptors (Lipinski definition) is 4. The van der Waals surface area contributed by atoms with Gasteiger partial charge in [-0.1, -0.05) is 18.2 Å². The first kappa shape index (κ1) is 17.8. The zero-order valence-corrected chi connectivity index (χ0v) is 15.3. The SMILES string of the molecule is COc1ccccc1C1CC1C(=O)Nc1cc(C(N)=O)c2c(C=N)c[nH]c2c1. The highest BCUT2D eigenvalue weighted by molar-refractivity contribution is 6.13. The lowest BCUT2D eigenvalue weighted by atomic mass is 10.0. The number of rotatable bonds is 6. The minimum atomic E-state index is -0.609. The number of benzene rings is 2. The zero-order chi connectivity index (χ0) is 19.8. The Labute approximate surface area is 161 Å². The average Bonchev–Trinajstić information content (AvgIpc) is 3.40. The van der Waals surface area contributed by atoms with Crippen molar-refractivity contribution in [3.05, 3.63) is 59.3 Å². The molecule has 2 aromatic carbocycles. The van der Waals surface area contributed by atoms with Crippen LogP contribution in [0, 0.1) is 11.3 Å². The van der Waals surface area contributed by atoms with E-state index in [0.29, 0.717) is 22.2 Å². The van der Waals surface area contributed by atoms with Crippen molar-refractivity contribution >= 4 is 34.6 Å². The molecule has 3 aromatic rings. The van der Waals surface area contributed by atoms with E-state index in [1.54, 1.807) is 25.4 Å². The average molecular weight is 376 g/mol. The van der Waals surface area contributed by atoms with Crippen molar-refractivity contribution < 1.29 is 14.3 Å². The maximum Gasteiger partial charge on any atom is 0.249 e. The highest BCUT2D eigenvalue weighted by atomic mass is 16.5. The van der Waals surface area contributed by atoms with Crippen LogP contribution >= 0.6 is 0 Å². The highest BCUT2D eigenvalue weighted by Gasteiger charge is 2.45. The molecule has 7 nitrogen and oxygen atoms in total. The van der Waals surface area contributed by atoms with Crippen LogP contribution in [0.25, 0.3) is 10.9 Å². The molecule has 0 radical (unpaired) electrons. The maximum absolute atomic E-state index is 12.7. The zero-order valence-electron chi connectivity index (χ0n) is 15.3. The molecular weight excluding hydrogens is 356 g/mol. The molecule has 2 atom stereocenters. The van der Waals surface area contributed by atoms with E-state index in [1.807, 2.05) is 24.3 Å². The number of carbonyl (C=O) groups is 2. The second-order valence-corrected chi connectivity index (χ2v) is 6.88. The molecule has 0 saturated heterocycles. The normalized spacial score (nSPS) is 17.9. The van der Waals surface area contributed by atoms with Gasteiger partial charge in [0.15, 0.2) is 0 Å². The Morgan fingerprint density at radius 3 is 2.82 bits per heavy atom. The van der Waals surface area contributed by atoms with Crippen LogP contribution in [0.2, 0.25) is 0 Å². The van der Waals surface area contributed by atoms with Gasteiger partial charge in [0, 0.05) is 40.5 Å². The van der Waals surface area contributed by atoms with E-state index in [9.17, 15) is 9.59 Å². The lowest BCUT2D eigenvalue weighted by Crippen LogP contribution is -2.16. The van der Waals surface area contributed by atoms with Gasteiger partial charge in [-0.2, -0.15) is 0 Å². The number of fused-ring (bicyclic) bond motifs is 1. The third kappa shape index (κ3) is 3.00. The maximum atomic E-state index is 12.7. The molecule has 1 aliphatic rings. The lowest BCUT2D eigenvalue weighted by Gasteiger charge is -2.10. The molecule has 4 rings (SSSR count). The van der Waals surface area contributed by atoms with E-state index in [1.165, 1.54) is 0 Å². The fraction of sp³-hybridized carbons (Fsp3) is 0.190. The van der Waals surface area contributed by atoms with E-state index >= 15 is 0 Å². The minimum Gasteiger partial charge on any atom is -0.496 e. The fourth-order valence-electron chi connectivity index (χ4n) is 3.71. The Bertz CT molecular complexity index is 1100. The molecular formula is C21H20N4O3. The van der Waals surface area contributed by atoms with Crippen LogP contribution in [0.3, 0.4) is 0 Å². The number of aromatic nitrogens is 1. The summed E-state index contributed by atoms with van der Waals surface area (Å²) < 4.78 is 5.39. The lowest BCUT2D eigenvalue weighted by molar-refractivity contribution is -0.117. The van der Waals surface area contributed by atoms with Gasteiger partial charge in [-0.05, 0) is 36.1 Å². The summed E-state index contributed by atoms with van der Waals surface area (Å²) in [5, 5.41) is 10.9. The van der Waals surface area contributed by atoms with Gasteiger partial charge in [0.25, 0.3) is 0 Å². The van der Waals surface area contributed by atoms with Gasteiger partial charge in [-0.25, -0.2) is 0 Å². The summed E-state index contributed by atoms with van der Waals surface area (Å²) in [6.07, 6.45) is 3.54. The monoisotopic (exact) mass is 376 g/mol. The summed E-state index contributed by atoms with van der Waals surface area (Å²) >= 11 is 0. The highest BCUT2D eigenvalue weighted by Crippen LogP contribution is 2.50. The van der Waals surface area contributed by atoms with Crippen LogP contribution in [-0.2, 0) is 4.79 Å². The van der Waals surface area contributed by atoms with Crippen LogP contribution < -0.4 is 15.8 Å². The summed E-state index contributed by atoms with van der Waals surface area (Å²) in [4.78, 5) is 27.6. The molecule has 5 N–H and O–H groups in total. The number of para-hydroxylation sites is 1. The molecule has 28 heavy (non-hydrogen) atoms. The van der Waals surface area contributed by atoms with Crippen molar-refractivity contribution in [1.29, 1.82) is 5.41 Å². The molecule has 1 aromatic heterocycles. The predicted molar refractivity (Wildman–Crippen MR) is 107 cm³/mol. The molecule has 1 aliphatic carbocycles. The number of primary amides is 1. The van der Waals surface area contributed by atoms with Crippen molar-refractivity contribution in [3.8, 4) is 5.75 Å². The molecule has 142 valence electrons. The smallest absolute Gasteiger partial charge is 0.249 e.